The van der Waals surface area contributed by atoms with Crippen LogP contribution in [0, 0.1) is 6.92 Å². The van der Waals surface area contributed by atoms with E-state index in [0.717, 1.165) is 11.3 Å². The van der Waals surface area contributed by atoms with Gasteiger partial charge in [0.2, 0.25) is 12.4 Å². The molecule has 2 N–H and O–H groups in total. The topological polar surface area (TPSA) is 58.7 Å². The Balaban J connectivity index is 3.13. The molecule has 92 valence electrons. The molecular weight excluding hydrogens is 214 g/mol. The van der Waals surface area contributed by atoms with Gasteiger partial charge in [0.1, 0.15) is 0 Å². The lowest BCUT2D eigenvalue weighted by molar-refractivity contribution is -0.114. The zero-order valence-corrected chi connectivity index (χ0v) is 10.8. The van der Waals surface area contributed by atoms with Crippen LogP contribution in [0.3, 0.4) is 0 Å². The van der Waals surface area contributed by atoms with Crippen molar-refractivity contribution in [3.63, 3.8) is 0 Å². The number of hydrogen-bond acceptors (Lipinski definition) is 2. The van der Waals surface area contributed by atoms with Crippen LogP contribution in [0.5, 0.6) is 0 Å². The lowest BCUT2D eigenvalue weighted by Crippen LogP contribution is -2.32. The van der Waals surface area contributed by atoms with Crippen LogP contribution in [0.4, 0.5) is 5.69 Å². The SMILES string of the molecule is Cc1ccc(C(C)C)cc1N=C(N)N(C)C=O. The minimum Gasteiger partial charge on any atom is -0.369 e. The molecule has 0 aliphatic rings. The average Bonchev–Trinajstić information content (AvgIpc) is 2.30. The van der Waals surface area contributed by atoms with Crippen LogP contribution in [0.1, 0.15) is 30.9 Å². The molecule has 1 rings (SSSR count). The molecule has 0 aliphatic heterocycles. The summed E-state index contributed by atoms with van der Waals surface area (Å²) in [4.78, 5) is 16.1. The first-order valence-electron chi connectivity index (χ1n) is 5.58. The molecule has 1 amide bonds. The maximum Gasteiger partial charge on any atom is 0.216 e. The number of rotatable bonds is 3. The van der Waals surface area contributed by atoms with Gasteiger partial charge in [-0.1, -0.05) is 26.0 Å². The van der Waals surface area contributed by atoms with Gasteiger partial charge >= 0.3 is 0 Å². The highest BCUT2D eigenvalue weighted by Crippen LogP contribution is 2.24. The van der Waals surface area contributed by atoms with E-state index >= 15 is 0 Å². The smallest absolute Gasteiger partial charge is 0.216 e. The fourth-order valence-corrected chi connectivity index (χ4v) is 1.36. The molecule has 0 unspecified atom stereocenters. The standard InChI is InChI=1S/C13H19N3O/c1-9(2)11-6-5-10(3)12(7-11)15-13(14)16(4)8-17/h5-9H,1-4H3,(H2,14,15). The molecule has 17 heavy (non-hydrogen) atoms. The molecule has 0 bridgehead atoms. The van der Waals surface area contributed by atoms with Gasteiger partial charge < -0.3 is 5.73 Å². The number of aryl methyl sites for hydroxylation is 1. The molecule has 0 aliphatic carbocycles. The van der Waals surface area contributed by atoms with Gasteiger partial charge in [0.05, 0.1) is 5.69 Å². The van der Waals surface area contributed by atoms with Crippen LogP contribution >= 0.6 is 0 Å². The Morgan fingerprint density at radius 1 is 1.47 bits per heavy atom. The summed E-state index contributed by atoms with van der Waals surface area (Å²) in [5.74, 6) is 0.638. The Morgan fingerprint density at radius 2 is 2.12 bits per heavy atom. The minimum atomic E-state index is 0.198. The van der Waals surface area contributed by atoms with E-state index in [1.165, 1.54) is 10.5 Å². The number of nitrogens with zero attached hydrogens (tertiary/aromatic N) is 2. The second-order valence-electron chi connectivity index (χ2n) is 4.39. The maximum atomic E-state index is 10.6. The predicted octanol–water partition coefficient (Wildman–Crippen LogP) is 2.15. The van der Waals surface area contributed by atoms with Crippen molar-refractivity contribution in [1.29, 1.82) is 0 Å². The van der Waals surface area contributed by atoms with Crippen molar-refractivity contribution in [3.05, 3.63) is 29.3 Å². The monoisotopic (exact) mass is 233 g/mol. The van der Waals surface area contributed by atoms with Crippen LogP contribution in [0.2, 0.25) is 0 Å². The van der Waals surface area contributed by atoms with Gasteiger partial charge in [-0.15, -0.1) is 0 Å². The number of hydrogen-bond donors (Lipinski definition) is 1. The highest BCUT2D eigenvalue weighted by molar-refractivity contribution is 5.89. The van der Waals surface area contributed by atoms with E-state index in [1.54, 1.807) is 7.05 Å². The second-order valence-corrected chi connectivity index (χ2v) is 4.39. The van der Waals surface area contributed by atoms with Crippen molar-refractivity contribution in [2.24, 2.45) is 10.7 Å². The van der Waals surface area contributed by atoms with Crippen LogP contribution in [0.25, 0.3) is 0 Å². The summed E-state index contributed by atoms with van der Waals surface area (Å²) in [5.41, 5.74) is 8.75. The summed E-state index contributed by atoms with van der Waals surface area (Å²) in [7, 11) is 1.58. The van der Waals surface area contributed by atoms with Gasteiger partial charge in [-0.3, -0.25) is 9.69 Å². The van der Waals surface area contributed by atoms with Crippen molar-refractivity contribution in [2.45, 2.75) is 26.7 Å². The third-order valence-corrected chi connectivity index (χ3v) is 2.65. The second kappa shape index (κ2) is 5.48. The number of carbonyl (C=O) groups excluding carboxylic acids is 1. The van der Waals surface area contributed by atoms with Crippen molar-refractivity contribution in [1.82, 2.24) is 4.90 Å². The van der Waals surface area contributed by atoms with Gasteiger partial charge in [0.25, 0.3) is 0 Å². The van der Waals surface area contributed by atoms with E-state index in [1.807, 2.05) is 19.1 Å². The molecule has 1 aromatic carbocycles. The van der Waals surface area contributed by atoms with Crippen LogP contribution in [-0.4, -0.2) is 24.3 Å². The highest BCUT2D eigenvalue weighted by Gasteiger charge is 2.05. The Kier molecular flexibility index (Phi) is 4.26. The molecule has 0 spiro atoms. The lowest BCUT2D eigenvalue weighted by atomic mass is 10.0. The lowest BCUT2D eigenvalue weighted by Gasteiger charge is -2.11. The number of aliphatic imine (C=N–C) groups is 1. The van der Waals surface area contributed by atoms with Gasteiger partial charge in [0.15, 0.2) is 0 Å². The first kappa shape index (κ1) is 13.2. The van der Waals surface area contributed by atoms with E-state index in [4.69, 9.17) is 5.73 Å². The van der Waals surface area contributed by atoms with Crippen LogP contribution in [0.15, 0.2) is 23.2 Å². The van der Waals surface area contributed by atoms with Crippen molar-refractivity contribution in [2.75, 3.05) is 7.05 Å². The first-order valence-corrected chi connectivity index (χ1v) is 5.58. The molecule has 0 fully saturated rings. The Labute approximate surface area is 102 Å². The third-order valence-electron chi connectivity index (χ3n) is 2.65. The number of carbonyl (C=O) groups is 1. The van der Waals surface area contributed by atoms with E-state index < -0.39 is 0 Å². The van der Waals surface area contributed by atoms with Crippen molar-refractivity contribution < 1.29 is 4.79 Å². The molecule has 0 heterocycles. The molecule has 1 aromatic rings. The summed E-state index contributed by atoms with van der Waals surface area (Å²) < 4.78 is 0. The van der Waals surface area contributed by atoms with Crippen LogP contribution in [-0.2, 0) is 4.79 Å². The van der Waals surface area contributed by atoms with Gasteiger partial charge in [0, 0.05) is 7.05 Å². The largest absolute Gasteiger partial charge is 0.369 e. The zero-order chi connectivity index (χ0) is 13.0. The van der Waals surface area contributed by atoms with Crippen molar-refractivity contribution >= 4 is 18.1 Å². The van der Waals surface area contributed by atoms with Gasteiger partial charge in [-0.2, -0.15) is 0 Å². The average molecular weight is 233 g/mol. The zero-order valence-electron chi connectivity index (χ0n) is 10.8. The maximum absolute atomic E-state index is 10.6. The Hall–Kier alpha value is -1.84. The molecule has 0 atom stereocenters. The molecule has 4 heteroatoms. The van der Waals surface area contributed by atoms with E-state index in [2.05, 4.69) is 24.9 Å². The Morgan fingerprint density at radius 3 is 2.65 bits per heavy atom. The molecular formula is C13H19N3O. The predicted molar refractivity (Wildman–Crippen MR) is 70.4 cm³/mol. The fraction of sp³-hybridized carbons (Fsp3) is 0.385. The summed E-state index contributed by atoms with van der Waals surface area (Å²) in [5, 5.41) is 0. The highest BCUT2D eigenvalue weighted by atomic mass is 16.1. The number of guanidine groups is 1. The minimum absolute atomic E-state index is 0.198. The third kappa shape index (κ3) is 3.31. The summed E-state index contributed by atoms with van der Waals surface area (Å²) in [6.07, 6.45) is 0.639. The van der Waals surface area contributed by atoms with Gasteiger partial charge in [-0.05, 0) is 30.0 Å². The van der Waals surface area contributed by atoms with Gasteiger partial charge in [-0.25, -0.2) is 4.99 Å². The molecule has 0 saturated heterocycles. The molecule has 0 radical (unpaired) electrons. The molecule has 4 nitrogen and oxygen atoms in total. The first-order chi connectivity index (χ1) is 7.95. The van der Waals surface area contributed by atoms with Crippen LogP contribution < -0.4 is 5.73 Å². The Bertz CT molecular complexity index is 438. The number of benzene rings is 1. The summed E-state index contributed by atoms with van der Waals surface area (Å²) in [6.45, 7) is 6.22. The molecule has 0 saturated carbocycles. The van der Waals surface area contributed by atoms with E-state index in [9.17, 15) is 4.79 Å². The van der Waals surface area contributed by atoms with E-state index in [-0.39, 0.29) is 5.96 Å². The fourth-order valence-electron chi connectivity index (χ4n) is 1.36. The number of nitrogens with two attached hydrogens (primary N) is 1. The van der Waals surface area contributed by atoms with E-state index in [0.29, 0.717) is 12.3 Å². The summed E-state index contributed by atoms with van der Waals surface area (Å²) >= 11 is 0. The quantitative estimate of drug-likeness (QED) is 0.494. The van der Waals surface area contributed by atoms with Crippen molar-refractivity contribution in [3.8, 4) is 0 Å². The normalized spacial score (nSPS) is 11.7. The summed E-state index contributed by atoms with van der Waals surface area (Å²) in [6, 6.07) is 6.10. The number of amides is 1. The molecule has 0 aromatic heterocycles.